The van der Waals surface area contributed by atoms with Gasteiger partial charge in [-0.15, -0.1) is 0 Å². The first-order chi connectivity index (χ1) is 16.5. The Morgan fingerprint density at radius 3 is 2.26 bits per heavy atom. The van der Waals surface area contributed by atoms with Crippen molar-refractivity contribution in [1.29, 1.82) is 0 Å². The minimum absolute atomic E-state index is 0.0657. The summed E-state index contributed by atoms with van der Waals surface area (Å²) in [6.07, 6.45) is 2.26. The van der Waals surface area contributed by atoms with Crippen LogP contribution in [0, 0.1) is 5.92 Å². The van der Waals surface area contributed by atoms with Gasteiger partial charge in [0.05, 0.1) is 31.3 Å². The lowest BCUT2D eigenvalue weighted by atomic mass is 9.95. The van der Waals surface area contributed by atoms with E-state index in [1.807, 2.05) is 4.90 Å². The number of hydrogen-bond acceptors (Lipinski definition) is 7. The van der Waals surface area contributed by atoms with Crippen LogP contribution in [0.5, 0.6) is 11.5 Å². The van der Waals surface area contributed by atoms with Gasteiger partial charge in [-0.2, -0.15) is 0 Å². The van der Waals surface area contributed by atoms with Gasteiger partial charge in [0.2, 0.25) is 0 Å². The molecule has 0 saturated carbocycles. The van der Waals surface area contributed by atoms with E-state index < -0.39 is 10.0 Å². The lowest BCUT2D eigenvalue weighted by Crippen LogP contribution is -2.41. The Balaban J connectivity index is 1.21. The number of nitrogens with one attached hydrogen (secondary N) is 1. The first-order valence-corrected chi connectivity index (χ1v) is 13.0. The van der Waals surface area contributed by atoms with E-state index in [0.717, 1.165) is 19.3 Å². The molecule has 0 spiro atoms. The van der Waals surface area contributed by atoms with Crippen LogP contribution in [-0.4, -0.2) is 65.0 Å². The Morgan fingerprint density at radius 2 is 1.56 bits per heavy atom. The SMILES string of the molecule is O=C(c1ccc(NS(=O)(=O)c2ccc3c(c2)OCCCO3)cc1)N1CCC(C2OCCO2)CC1. The van der Waals surface area contributed by atoms with Crippen LogP contribution in [0.15, 0.2) is 47.4 Å². The van der Waals surface area contributed by atoms with Crippen molar-refractivity contribution in [2.45, 2.75) is 30.4 Å². The molecule has 3 aliphatic rings. The molecule has 3 aliphatic heterocycles. The fourth-order valence-electron chi connectivity index (χ4n) is 4.41. The summed E-state index contributed by atoms with van der Waals surface area (Å²) in [5.74, 6) is 1.19. The number of sulfonamides is 1. The maximum absolute atomic E-state index is 12.9. The van der Waals surface area contributed by atoms with E-state index in [1.165, 1.54) is 12.1 Å². The van der Waals surface area contributed by atoms with E-state index in [1.54, 1.807) is 30.3 Å². The molecule has 2 fully saturated rings. The molecule has 9 nitrogen and oxygen atoms in total. The molecule has 0 aromatic heterocycles. The van der Waals surface area contributed by atoms with Crippen LogP contribution < -0.4 is 14.2 Å². The van der Waals surface area contributed by atoms with Crippen molar-refractivity contribution in [2.75, 3.05) is 44.2 Å². The van der Waals surface area contributed by atoms with Gasteiger partial charge in [-0.05, 0) is 49.2 Å². The number of carbonyl (C=O) groups is 1. The predicted molar refractivity (Wildman–Crippen MR) is 124 cm³/mol. The Hall–Kier alpha value is -2.82. The van der Waals surface area contributed by atoms with Gasteiger partial charge in [0.15, 0.2) is 17.8 Å². The lowest BCUT2D eigenvalue weighted by molar-refractivity contribution is -0.0956. The lowest BCUT2D eigenvalue weighted by Gasteiger charge is -2.33. The number of ether oxygens (including phenoxy) is 4. The number of nitrogens with zero attached hydrogens (tertiary/aromatic N) is 1. The van der Waals surface area contributed by atoms with E-state index in [0.29, 0.717) is 68.2 Å². The molecule has 2 aromatic rings. The number of benzene rings is 2. The standard InChI is InChI=1S/C24H28N2O7S/c27-23(26-10-8-18(9-11-26)24-32-14-15-33-24)17-2-4-19(5-3-17)25-34(28,29)20-6-7-21-22(16-20)31-13-1-12-30-21/h2-7,16,18,24-25H,1,8-15H2. The fourth-order valence-corrected chi connectivity index (χ4v) is 5.49. The second-order valence-corrected chi connectivity index (χ2v) is 10.3. The van der Waals surface area contributed by atoms with Crippen molar-refractivity contribution in [1.82, 2.24) is 4.90 Å². The molecule has 2 aromatic carbocycles. The average molecular weight is 489 g/mol. The van der Waals surface area contributed by atoms with Crippen LogP contribution in [0.1, 0.15) is 29.6 Å². The monoisotopic (exact) mass is 488 g/mol. The summed E-state index contributed by atoms with van der Waals surface area (Å²) < 4.78 is 50.7. The molecule has 2 saturated heterocycles. The van der Waals surface area contributed by atoms with Gasteiger partial charge in [0, 0.05) is 42.7 Å². The summed E-state index contributed by atoms with van der Waals surface area (Å²) in [6.45, 7) is 3.56. The Morgan fingerprint density at radius 1 is 0.882 bits per heavy atom. The minimum atomic E-state index is -3.83. The molecule has 3 heterocycles. The topological polar surface area (TPSA) is 103 Å². The highest BCUT2D eigenvalue weighted by molar-refractivity contribution is 7.92. The van der Waals surface area contributed by atoms with E-state index in [-0.39, 0.29) is 17.1 Å². The number of amides is 1. The Labute approximate surface area is 199 Å². The van der Waals surface area contributed by atoms with Gasteiger partial charge in [-0.3, -0.25) is 9.52 Å². The summed E-state index contributed by atoms with van der Waals surface area (Å²) in [4.78, 5) is 14.8. The van der Waals surface area contributed by atoms with Crippen LogP contribution in [0.25, 0.3) is 0 Å². The van der Waals surface area contributed by atoms with Crippen molar-refractivity contribution in [3.05, 3.63) is 48.0 Å². The molecular weight excluding hydrogens is 460 g/mol. The fraction of sp³-hybridized carbons (Fsp3) is 0.458. The molecule has 0 radical (unpaired) electrons. The zero-order valence-electron chi connectivity index (χ0n) is 18.8. The zero-order chi connectivity index (χ0) is 23.5. The Kier molecular flexibility index (Phi) is 6.62. The van der Waals surface area contributed by atoms with Crippen molar-refractivity contribution in [3.63, 3.8) is 0 Å². The maximum atomic E-state index is 12.9. The minimum Gasteiger partial charge on any atom is -0.490 e. The van der Waals surface area contributed by atoms with E-state index >= 15 is 0 Å². The molecule has 0 atom stereocenters. The largest absolute Gasteiger partial charge is 0.490 e. The average Bonchev–Trinajstić information content (AvgIpc) is 3.29. The molecule has 0 aliphatic carbocycles. The third-order valence-electron chi connectivity index (χ3n) is 6.27. The first-order valence-electron chi connectivity index (χ1n) is 11.5. The van der Waals surface area contributed by atoms with E-state index in [2.05, 4.69) is 4.72 Å². The van der Waals surface area contributed by atoms with Crippen LogP contribution in [0.3, 0.4) is 0 Å². The van der Waals surface area contributed by atoms with Gasteiger partial charge in [0.1, 0.15) is 0 Å². The smallest absolute Gasteiger partial charge is 0.262 e. The molecule has 1 N–H and O–H groups in total. The number of fused-ring (bicyclic) bond motifs is 1. The van der Waals surface area contributed by atoms with Gasteiger partial charge in [0.25, 0.3) is 15.9 Å². The second-order valence-electron chi connectivity index (χ2n) is 8.58. The molecule has 1 amide bonds. The van der Waals surface area contributed by atoms with E-state index in [4.69, 9.17) is 18.9 Å². The van der Waals surface area contributed by atoms with Crippen molar-refractivity contribution in [3.8, 4) is 11.5 Å². The predicted octanol–water partition coefficient (Wildman–Crippen LogP) is 2.87. The first kappa shape index (κ1) is 22.9. The van der Waals surface area contributed by atoms with Gasteiger partial charge >= 0.3 is 0 Å². The van der Waals surface area contributed by atoms with E-state index in [9.17, 15) is 13.2 Å². The Bertz CT molecular complexity index is 1120. The molecule has 0 unspecified atom stereocenters. The highest BCUT2D eigenvalue weighted by Gasteiger charge is 2.32. The maximum Gasteiger partial charge on any atom is 0.262 e. The highest BCUT2D eigenvalue weighted by atomic mass is 32.2. The quantitative estimate of drug-likeness (QED) is 0.690. The number of likely N-dealkylation sites (tertiary alicyclic amines) is 1. The van der Waals surface area contributed by atoms with Gasteiger partial charge in [-0.25, -0.2) is 8.42 Å². The summed E-state index contributed by atoms with van der Waals surface area (Å²) in [5.41, 5.74) is 0.892. The molecule has 5 rings (SSSR count). The van der Waals surface area contributed by atoms with Crippen molar-refractivity contribution >= 4 is 21.6 Å². The number of piperidine rings is 1. The number of carbonyl (C=O) groups excluding carboxylic acids is 1. The van der Waals surface area contributed by atoms with Crippen LogP contribution in [0.4, 0.5) is 5.69 Å². The molecule has 34 heavy (non-hydrogen) atoms. The van der Waals surface area contributed by atoms with Gasteiger partial charge in [-0.1, -0.05) is 0 Å². The number of hydrogen-bond donors (Lipinski definition) is 1. The second kappa shape index (κ2) is 9.81. The van der Waals surface area contributed by atoms with Gasteiger partial charge < -0.3 is 23.8 Å². The molecule has 0 bridgehead atoms. The number of anilines is 1. The normalized spacial score (nSPS) is 19.6. The highest BCUT2D eigenvalue weighted by Crippen LogP contribution is 2.32. The molecule has 10 heteroatoms. The van der Waals surface area contributed by atoms with Crippen LogP contribution in [-0.2, 0) is 19.5 Å². The van der Waals surface area contributed by atoms with Crippen molar-refractivity contribution in [2.24, 2.45) is 5.92 Å². The summed E-state index contributed by atoms with van der Waals surface area (Å²) in [6, 6.07) is 11.0. The summed E-state index contributed by atoms with van der Waals surface area (Å²) >= 11 is 0. The zero-order valence-corrected chi connectivity index (χ0v) is 19.6. The third kappa shape index (κ3) is 4.98. The molecular formula is C24H28N2O7S. The van der Waals surface area contributed by atoms with Crippen LogP contribution in [0.2, 0.25) is 0 Å². The molecule has 182 valence electrons. The van der Waals surface area contributed by atoms with Crippen molar-refractivity contribution < 1.29 is 32.2 Å². The summed E-state index contributed by atoms with van der Waals surface area (Å²) in [7, 11) is -3.83. The number of rotatable bonds is 5. The third-order valence-corrected chi connectivity index (χ3v) is 7.65. The van der Waals surface area contributed by atoms with Crippen LogP contribution >= 0.6 is 0 Å². The summed E-state index contributed by atoms with van der Waals surface area (Å²) in [5, 5.41) is 0.